The third-order valence-electron chi connectivity index (χ3n) is 2.24. The summed E-state index contributed by atoms with van der Waals surface area (Å²) in [4.78, 5) is 10.0. The first-order valence-corrected chi connectivity index (χ1v) is 5.70. The lowest BCUT2D eigenvalue weighted by atomic mass is 10.4. The lowest BCUT2D eigenvalue weighted by molar-refractivity contribution is 0.0696. The van der Waals surface area contributed by atoms with Gasteiger partial charge in [0.25, 0.3) is 0 Å². The number of rotatable bonds is 2. The van der Waals surface area contributed by atoms with Gasteiger partial charge in [0.1, 0.15) is 12.1 Å². The van der Waals surface area contributed by atoms with Gasteiger partial charge in [-0.2, -0.15) is 9.19 Å². The summed E-state index contributed by atoms with van der Waals surface area (Å²) >= 11 is 4.12. The van der Waals surface area contributed by atoms with Crippen LogP contribution < -0.4 is 0 Å². The van der Waals surface area contributed by atoms with Gasteiger partial charge >= 0.3 is 5.97 Å². The van der Waals surface area contributed by atoms with Crippen LogP contribution in [-0.2, 0) is 0 Å². The van der Waals surface area contributed by atoms with Gasteiger partial charge in [-0.3, -0.25) is 0 Å². The summed E-state index contributed by atoms with van der Waals surface area (Å²) in [5.74, 6) is -0.0166. The van der Waals surface area contributed by atoms with Crippen LogP contribution in [0.25, 0.3) is 5.82 Å². The lowest BCUT2D eigenvalue weighted by Crippen LogP contribution is -1.95. The molecule has 3 aromatic rings. The van der Waals surface area contributed by atoms with Crippen LogP contribution in [0.5, 0.6) is 0 Å². The molecule has 0 aliphatic rings. The minimum atomic E-state index is -0.959. The number of carboxylic acid groups (broad SMARTS) is 1. The summed E-state index contributed by atoms with van der Waals surface area (Å²) in [5.41, 5.74) is 0.185. The van der Waals surface area contributed by atoms with Gasteiger partial charge in [-0.1, -0.05) is 0 Å². The van der Waals surface area contributed by atoms with E-state index in [-0.39, 0.29) is 5.56 Å². The highest BCUT2D eigenvalue weighted by Crippen LogP contribution is 2.07. The number of carboxylic acids is 1. The van der Waals surface area contributed by atoms with Crippen LogP contribution in [0.3, 0.4) is 0 Å². The molecule has 1 N–H and O–H groups in total. The normalized spacial score (nSPS) is 9.74. The maximum Gasteiger partial charge on any atom is 0.338 e. The highest BCUT2D eigenvalue weighted by atomic mass is 32.1. The Labute approximate surface area is 114 Å². The van der Waals surface area contributed by atoms with Gasteiger partial charge in [0, 0.05) is 18.5 Å². The van der Waals surface area contributed by atoms with Crippen molar-refractivity contribution >= 4 is 18.8 Å². The van der Waals surface area contributed by atoms with Gasteiger partial charge in [0.05, 0.1) is 18.0 Å². The van der Waals surface area contributed by atoms with E-state index in [1.54, 1.807) is 6.20 Å². The van der Waals surface area contributed by atoms with Gasteiger partial charge < -0.3 is 14.1 Å². The van der Waals surface area contributed by atoms with Crippen LogP contribution >= 0.6 is 12.8 Å². The van der Waals surface area contributed by atoms with Crippen LogP contribution in [0.15, 0.2) is 59.8 Å². The summed E-state index contributed by atoms with van der Waals surface area (Å²) in [5, 5.41) is 12.1. The number of carbonyl (C=O) groups is 1. The number of thiol groups is 1. The molecular weight excluding hydrogens is 266 g/mol. The molecule has 0 aliphatic carbocycles. The van der Waals surface area contributed by atoms with Crippen molar-refractivity contribution in [2.75, 3.05) is 0 Å². The van der Waals surface area contributed by atoms with E-state index < -0.39 is 5.97 Å². The number of aromatic carboxylic acids is 1. The van der Waals surface area contributed by atoms with E-state index in [0.29, 0.717) is 0 Å². The molecule has 0 atom stereocenters. The molecule has 0 saturated carbocycles. The predicted molar refractivity (Wildman–Crippen MR) is 71.6 cm³/mol. The monoisotopic (exact) mass is 277 g/mol. The first kappa shape index (κ1) is 13.0. The highest BCUT2D eigenvalue weighted by Gasteiger charge is 2.00. The van der Waals surface area contributed by atoms with Gasteiger partial charge in [0.2, 0.25) is 0 Å². The van der Waals surface area contributed by atoms with Crippen molar-refractivity contribution in [3.8, 4) is 5.82 Å². The highest BCUT2D eigenvalue weighted by molar-refractivity contribution is 7.78. The first-order chi connectivity index (χ1) is 9.18. The zero-order valence-electron chi connectivity index (χ0n) is 9.75. The van der Waals surface area contributed by atoms with Crippen molar-refractivity contribution in [1.82, 2.24) is 13.8 Å². The van der Waals surface area contributed by atoms with Crippen molar-refractivity contribution in [2.45, 2.75) is 0 Å². The molecule has 6 nitrogen and oxygen atoms in total. The molecule has 98 valence electrons. The fraction of sp³-hybridized carbons (Fsp3) is 0. The second-order valence-corrected chi connectivity index (χ2v) is 3.87. The number of aromatic nitrogens is 3. The van der Waals surface area contributed by atoms with E-state index in [2.05, 4.69) is 22.3 Å². The van der Waals surface area contributed by atoms with Gasteiger partial charge in [-0.15, -0.1) is 0 Å². The Morgan fingerprint density at radius 1 is 1.32 bits per heavy atom. The number of hydrogen-bond donors (Lipinski definition) is 2. The number of hydrogen-bond acceptors (Lipinski definition) is 4. The van der Waals surface area contributed by atoms with Crippen LogP contribution in [-0.4, -0.2) is 24.8 Å². The van der Waals surface area contributed by atoms with E-state index in [9.17, 15) is 4.79 Å². The lowest BCUT2D eigenvalue weighted by Gasteiger charge is -1.99. The molecular formula is C12H11N3O3S. The summed E-state index contributed by atoms with van der Waals surface area (Å²) < 4.78 is 7.97. The minimum absolute atomic E-state index is 0.185. The number of furan rings is 1. The van der Waals surface area contributed by atoms with Gasteiger partial charge in [0.15, 0.2) is 0 Å². The Morgan fingerprint density at radius 2 is 2.05 bits per heavy atom. The Hall–Kier alpha value is -2.41. The Balaban J connectivity index is 0.000000148. The van der Waals surface area contributed by atoms with Gasteiger partial charge in [-0.25, -0.2) is 4.79 Å². The van der Waals surface area contributed by atoms with E-state index >= 15 is 0 Å². The smallest absolute Gasteiger partial charge is 0.338 e. The molecule has 7 heteroatoms. The van der Waals surface area contributed by atoms with Crippen LogP contribution in [0.1, 0.15) is 10.4 Å². The summed E-state index contributed by atoms with van der Waals surface area (Å²) in [7, 11) is 0. The standard InChI is InChI=1S/C7H7N3S.C5H4O3/c11-10-7(3-4-8-10)9-5-1-2-6-9;6-5(7)4-1-2-8-3-4/h1-6,11H;1-3H,(H,6,7). The molecule has 0 spiro atoms. The van der Waals surface area contributed by atoms with Crippen molar-refractivity contribution in [3.63, 3.8) is 0 Å². The SMILES string of the molecule is O=C(O)c1ccoc1.Sn1nccc1-n1cccc1. The van der Waals surface area contributed by atoms with E-state index in [1.165, 1.54) is 22.7 Å². The average molecular weight is 277 g/mol. The molecule has 0 saturated heterocycles. The van der Waals surface area contributed by atoms with Crippen LogP contribution in [0.2, 0.25) is 0 Å². The molecule has 0 bridgehead atoms. The second kappa shape index (κ2) is 5.96. The number of nitrogens with zero attached hydrogens (tertiary/aromatic N) is 3. The predicted octanol–water partition coefficient (Wildman–Crippen LogP) is 2.34. The molecule has 0 radical (unpaired) electrons. The summed E-state index contributed by atoms with van der Waals surface area (Å²) in [6, 6.07) is 7.21. The van der Waals surface area contributed by atoms with E-state index in [1.807, 2.05) is 35.2 Å². The molecule has 19 heavy (non-hydrogen) atoms. The summed E-state index contributed by atoms with van der Waals surface area (Å²) in [6.45, 7) is 0. The summed E-state index contributed by atoms with van der Waals surface area (Å²) in [6.07, 6.45) is 8.11. The van der Waals surface area contributed by atoms with Crippen LogP contribution in [0, 0.1) is 0 Å². The molecule has 3 aromatic heterocycles. The Morgan fingerprint density at radius 3 is 2.47 bits per heavy atom. The van der Waals surface area contributed by atoms with Crippen LogP contribution in [0.4, 0.5) is 0 Å². The van der Waals surface area contributed by atoms with E-state index in [4.69, 9.17) is 5.11 Å². The van der Waals surface area contributed by atoms with Crippen molar-refractivity contribution in [3.05, 3.63) is 60.9 Å². The topological polar surface area (TPSA) is 73.2 Å². The third kappa shape index (κ3) is 3.29. The molecule has 0 aromatic carbocycles. The molecule has 3 heterocycles. The maximum absolute atomic E-state index is 10.0. The zero-order chi connectivity index (χ0) is 13.7. The van der Waals surface area contributed by atoms with Crippen molar-refractivity contribution < 1.29 is 14.3 Å². The molecule has 0 aliphatic heterocycles. The minimum Gasteiger partial charge on any atom is -0.478 e. The fourth-order valence-corrected chi connectivity index (χ4v) is 1.58. The first-order valence-electron chi connectivity index (χ1n) is 5.30. The maximum atomic E-state index is 10.0. The Bertz CT molecular complexity index is 629. The largest absolute Gasteiger partial charge is 0.478 e. The molecule has 3 rings (SSSR count). The average Bonchev–Trinajstić information content (AvgIpc) is 3.12. The fourth-order valence-electron chi connectivity index (χ4n) is 1.35. The third-order valence-corrected chi connectivity index (χ3v) is 2.55. The zero-order valence-corrected chi connectivity index (χ0v) is 10.6. The van der Waals surface area contributed by atoms with Crippen molar-refractivity contribution in [2.24, 2.45) is 0 Å². The molecule has 0 fully saturated rings. The van der Waals surface area contributed by atoms with E-state index in [0.717, 1.165) is 5.82 Å². The molecule has 0 unspecified atom stereocenters. The quantitative estimate of drug-likeness (QED) is 0.705. The van der Waals surface area contributed by atoms with Crippen molar-refractivity contribution in [1.29, 1.82) is 0 Å². The van der Waals surface area contributed by atoms with Gasteiger partial charge in [-0.05, 0) is 31.0 Å². The Kier molecular flexibility index (Phi) is 4.09. The molecule has 0 amide bonds. The second-order valence-electron chi connectivity index (χ2n) is 3.49.